The van der Waals surface area contributed by atoms with Crippen LogP contribution in [0.3, 0.4) is 0 Å². The predicted octanol–water partition coefficient (Wildman–Crippen LogP) is 4.64. The number of nitrogens with one attached hydrogen (secondary N) is 2. The number of amides is 1. The van der Waals surface area contributed by atoms with Gasteiger partial charge in [0.2, 0.25) is 5.95 Å². The quantitative estimate of drug-likeness (QED) is 0.645. The van der Waals surface area contributed by atoms with E-state index in [1.807, 2.05) is 36.4 Å². The number of hydrogen-bond acceptors (Lipinski definition) is 5. The molecule has 0 saturated carbocycles. The Kier molecular flexibility index (Phi) is 5.70. The van der Waals surface area contributed by atoms with Gasteiger partial charge < -0.3 is 15.5 Å². The lowest BCUT2D eigenvalue weighted by Gasteiger charge is -2.17. The van der Waals surface area contributed by atoms with Crippen molar-refractivity contribution in [3.8, 4) is 0 Å². The molecule has 0 bridgehead atoms. The van der Waals surface area contributed by atoms with Crippen LogP contribution >= 0.6 is 0 Å². The van der Waals surface area contributed by atoms with E-state index in [2.05, 4.69) is 44.6 Å². The predicted molar refractivity (Wildman–Crippen MR) is 117 cm³/mol. The summed E-state index contributed by atoms with van der Waals surface area (Å²) in [5.41, 5.74) is 4.41. The summed E-state index contributed by atoms with van der Waals surface area (Å²) in [7, 11) is 0. The molecule has 1 aliphatic heterocycles. The molecular formula is C23H25N5O. The Hall–Kier alpha value is -3.41. The average molecular weight is 387 g/mol. The van der Waals surface area contributed by atoms with Crippen LogP contribution in [0.2, 0.25) is 0 Å². The molecule has 2 aromatic carbocycles. The monoisotopic (exact) mass is 387 g/mol. The van der Waals surface area contributed by atoms with E-state index in [0.29, 0.717) is 11.6 Å². The molecule has 6 heteroatoms. The van der Waals surface area contributed by atoms with Crippen LogP contribution in [0.1, 0.15) is 35.8 Å². The highest BCUT2D eigenvalue weighted by atomic mass is 16.1. The molecule has 0 radical (unpaired) electrons. The van der Waals surface area contributed by atoms with Gasteiger partial charge in [-0.2, -0.15) is 0 Å². The Labute approximate surface area is 171 Å². The molecule has 0 spiro atoms. The van der Waals surface area contributed by atoms with Crippen LogP contribution in [-0.2, 0) is 6.42 Å². The van der Waals surface area contributed by atoms with E-state index < -0.39 is 0 Å². The molecule has 29 heavy (non-hydrogen) atoms. The number of nitrogens with zero attached hydrogens (tertiary/aromatic N) is 3. The van der Waals surface area contributed by atoms with Crippen molar-refractivity contribution in [1.29, 1.82) is 0 Å². The topological polar surface area (TPSA) is 70.2 Å². The maximum Gasteiger partial charge on any atom is 0.274 e. The van der Waals surface area contributed by atoms with E-state index in [0.717, 1.165) is 30.9 Å². The van der Waals surface area contributed by atoms with E-state index in [9.17, 15) is 4.79 Å². The van der Waals surface area contributed by atoms with Crippen molar-refractivity contribution in [2.24, 2.45) is 0 Å². The number of rotatable bonds is 6. The highest BCUT2D eigenvalue weighted by Gasteiger charge is 2.12. The lowest BCUT2D eigenvalue weighted by molar-refractivity contribution is 0.102. The van der Waals surface area contributed by atoms with Crippen molar-refractivity contribution in [2.75, 3.05) is 28.6 Å². The molecular weight excluding hydrogens is 362 g/mol. The molecule has 1 aliphatic rings. The lowest BCUT2D eigenvalue weighted by Crippen LogP contribution is -2.17. The van der Waals surface area contributed by atoms with Crippen LogP contribution in [0, 0.1) is 0 Å². The number of anilines is 4. The first-order valence-corrected chi connectivity index (χ1v) is 10.1. The van der Waals surface area contributed by atoms with Crippen LogP contribution in [0.15, 0.2) is 60.8 Å². The maximum atomic E-state index is 12.5. The van der Waals surface area contributed by atoms with Crippen molar-refractivity contribution in [1.82, 2.24) is 9.97 Å². The van der Waals surface area contributed by atoms with Gasteiger partial charge in [0, 0.05) is 36.3 Å². The summed E-state index contributed by atoms with van der Waals surface area (Å²) >= 11 is 0. The summed E-state index contributed by atoms with van der Waals surface area (Å²) in [4.78, 5) is 23.5. The normalized spacial score (nSPS) is 13.3. The smallest absolute Gasteiger partial charge is 0.274 e. The van der Waals surface area contributed by atoms with E-state index in [1.165, 1.54) is 24.1 Å². The first kappa shape index (κ1) is 18.9. The highest BCUT2D eigenvalue weighted by Crippen LogP contribution is 2.23. The molecule has 1 saturated heterocycles. The minimum absolute atomic E-state index is 0.260. The third-order valence-corrected chi connectivity index (χ3v) is 5.10. The molecule has 0 unspecified atom stereocenters. The van der Waals surface area contributed by atoms with Crippen LogP contribution in [0.25, 0.3) is 0 Å². The van der Waals surface area contributed by atoms with E-state index in [4.69, 9.17) is 0 Å². The van der Waals surface area contributed by atoms with Gasteiger partial charge in [-0.1, -0.05) is 19.1 Å². The number of aryl methyl sites for hydroxylation is 1. The van der Waals surface area contributed by atoms with Gasteiger partial charge >= 0.3 is 0 Å². The fraction of sp³-hybridized carbons (Fsp3) is 0.261. The average Bonchev–Trinajstić information content (AvgIpc) is 3.30. The van der Waals surface area contributed by atoms with Crippen molar-refractivity contribution >= 4 is 28.9 Å². The molecule has 6 nitrogen and oxygen atoms in total. The second-order valence-corrected chi connectivity index (χ2v) is 7.14. The highest BCUT2D eigenvalue weighted by molar-refractivity contribution is 6.03. The first-order chi connectivity index (χ1) is 14.2. The Morgan fingerprint density at radius 3 is 2.34 bits per heavy atom. The summed E-state index contributed by atoms with van der Waals surface area (Å²) in [5, 5.41) is 6.05. The molecule has 4 rings (SSSR count). The zero-order valence-corrected chi connectivity index (χ0v) is 16.6. The van der Waals surface area contributed by atoms with Gasteiger partial charge in [-0.25, -0.2) is 9.97 Å². The molecule has 1 fully saturated rings. The van der Waals surface area contributed by atoms with E-state index >= 15 is 0 Å². The second kappa shape index (κ2) is 8.73. The summed E-state index contributed by atoms with van der Waals surface area (Å²) in [5.74, 6) is 0.136. The first-order valence-electron chi connectivity index (χ1n) is 10.1. The maximum absolute atomic E-state index is 12.5. The lowest BCUT2D eigenvalue weighted by atomic mass is 10.1. The Morgan fingerprint density at radius 1 is 0.966 bits per heavy atom. The minimum atomic E-state index is -0.260. The van der Waals surface area contributed by atoms with Gasteiger partial charge in [0.1, 0.15) is 5.69 Å². The largest absolute Gasteiger partial charge is 0.372 e. The fourth-order valence-electron chi connectivity index (χ4n) is 3.42. The molecule has 148 valence electrons. The molecule has 1 aromatic heterocycles. The Morgan fingerprint density at radius 2 is 1.66 bits per heavy atom. The summed E-state index contributed by atoms with van der Waals surface area (Å²) in [6.45, 7) is 4.34. The van der Waals surface area contributed by atoms with Crippen molar-refractivity contribution in [2.45, 2.75) is 26.2 Å². The summed E-state index contributed by atoms with van der Waals surface area (Å²) < 4.78 is 0. The van der Waals surface area contributed by atoms with Gasteiger partial charge in [0.05, 0.1) is 0 Å². The third kappa shape index (κ3) is 4.71. The van der Waals surface area contributed by atoms with Crippen molar-refractivity contribution in [3.05, 3.63) is 72.1 Å². The van der Waals surface area contributed by atoms with E-state index in [1.54, 1.807) is 12.3 Å². The van der Waals surface area contributed by atoms with Gasteiger partial charge in [-0.3, -0.25) is 4.79 Å². The molecule has 0 aliphatic carbocycles. The van der Waals surface area contributed by atoms with Gasteiger partial charge in [0.25, 0.3) is 5.91 Å². The number of hydrogen-bond donors (Lipinski definition) is 2. The van der Waals surface area contributed by atoms with Gasteiger partial charge in [-0.05, 0) is 67.3 Å². The van der Waals surface area contributed by atoms with E-state index in [-0.39, 0.29) is 5.91 Å². The molecule has 2 N–H and O–H groups in total. The number of benzene rings is 2. The van der Waals surface area contributed by atoms with Crippen molar-refractivity contribution < 1.29 is 4.79 Å². The van der Waals surface area contributed by atoms with Crippen LogP contribution in [0.4, 0.5) is 23.0 Å². The zero-order chi connectivity index (χ0) is 20.1. The van der Waals surface area contributed by atoms with Gasteiger partial charge in [0.15, 0.2) is 0 Å². The van der Waals surface area contributed by atoms with Crippen LogP contribution < -0.4 is 15.5 Å². The molecule has 3 aromatic rings. The van der Waals surface area contributed by atoms with Crippen LogP contribution in [-0.4, -0.2) is 29.0 Å². The molecule has 2 heterocycles. The molecule has 0 atom stereocenters. The zero-order valence-electron chi connectivity index (χ0n) is 16.6. The summed E-state index contributed by atoms with van der Waals surface area (Å²) in [6.07, 6.45) is 5.06. The SMILES string of the molecule is CCc1ccc(NC(=O)c2ccnc(Nc3ccc(N4CCCC4)cc3)n2)cc1. The minimum Gasteiger partial charge on any atom is -0.372 e. The standard InChI is InChI=1S/C23H25N5O/c1-2-17-5-7-18(8-6-17)25-22(29)21-13-14-24-23(27-21)26-19-9-11-20(12-10-19)28-15-3-4-16-28/h5-14H,2-4,15-16H2,1H3,(H,25,29)(H,24,26,27). The third-order valence-electron chi connectivity index (χ3n) is 5.10. The number of carbonyl (C=O) groups is 1. The Bertz CT molecular complexity index is 963. The number of carbonyl (C=O) groups excluding carboxylic acids is 1. The van der Waals surface area contributed by atoms with Crippen molar-refractivity contribution in [3.63, 3.8) is 0 Å². The second-order valence-electron chi connectivity index (χ2n) is 7.14. The Balaban J connectivity index is 1.41. The fourth-order valence-corrected chi connectivity index (χ4v) is 3.42. The van der Waals surface area contributed by atoms with Gasteiger partial charge in [-0.15, -0.1) is 0 Å². The molecule has 1 amide bonds. The number of aromatic nitrogens is 2. The summed E-state index contributed by atoms with van der Waals surface area (Å²) in [6, 6.07) is 17.7. The van der Waals surface area contributed by atoms with Crippen LogP contribution in [0.5, 0.6) is 0 Å².